The Labute approximate surface area is 260 Å². The molecule has 7 rings (SSSR count). The Morgan fingerprint density at radius 2 is 0.591 bits per heavy atom. The molecule has 8 bridgehead atoms. The first-order valence-electron chi connectivity index (χ1n) is 15.6. The molecule has 0 aromatic carbocycles. The van der Waals surface area contributed by atoms with E-state index in [9.17, 15) is 0 Å². The third kappa shape index (κ3) is 4.00. The molecule has 1 aliphatic heterocycles. The zero-order valence-electron chi connectivity index (χ0n) is 27.1. The number of nitrogens with one attached hydrogen (secondary N) is 4. The first-order chi connectivity index (χ1) is 20.8. The predicted molar refractivity (Wildman–Crippen MR) is 174 cm³/mol. The van der Waals surface area contributed by atoms with Crippen LogP contribution >= 0.6 is 0 Å². The highest BCUT2D eigenvalue weighted by Gasteiger charge is 2.41. The summed E-state index contributed by atoms with van der Waals surface area (Å²) < 4.78 is 4.17. The summed E-state index contributed by atoms with van der Waals surface area (Å²) in [6.07, 6.45) is 8.52. The minimum Gasteiger partial charge on any atom is -0.360 e. The number of hydrogen-bond acceptors (Lipinski definition) is 0. The molecule has 0 aliphatic carbocycles. The topological polar surface area (TPSA) is 70.9 Å². The summed E-state index contributed by atoms with van der Waals surface area (Å²) >= 11 is 0. The Morgan fingerprint density at radius 1 is 0.364 bits per heavy atom. The first-order valence-corrected chi connectivity index (χ1v) is 15.6. The van der Waals surface area contributed by atoms with E-state index in [1.54, 1.807) is 0 Å². The number of nitrogens with zero attached hydrogens (tertiary/aromatic N) is 2. The summed E-state index contributed by atoms with van der Waals surface area (Å²) in [4.78, 5) is 15.6. The highest BCUT2D eigenvalue weighted by atomic mass is 14.9. The van der Waals surface area contributed by atoms with Crippen LogP contribution in [0.1, 0.15) is 98.2 Å². The van der Waals surface area contributed by atoms with Crippen LogP contribution < -0.4 is 9.13 Å². The van der Waals surface area contributed by atoms with Crippen LogP contribution in [0.3, 0.4) is 0 Å². The van der Waals surface area contributed by atoms with Crippen molar-refractivity contribution in [1.29, 1.82) is 0 Å². The van der Waals surface area contributed by atoms with Crippen molar-refractivity contribution < 1.29 is 9.13 Å². The van der Waals surface area contributed by atoms with Gasteiger partial charge in [0.05, 0.1) is 10.8 Å². The van der Waals surface area contributed by atoms with E-state index in [1.807, 2.05) is 0 Å². The maximum Gasteiger partial charge on any atom is 0.168 e. The SMILES string of the molecule is C[n+]1ccc(C2(C)c3ccc([nH]3)C(C)(C)c3ccc([nH]3)C(C)(c3cc[n+](C)cc3)c3ccc([nH]3)C(C)(C)c3ccc2[nH]3)cc1. The van der Waals surface area contributed by atoms with Crippen molar-refractivity contribution in [2.75, 3.05) is 0 Å². The third-order valence-corrected chi connectivity index (χ3v) is 10.7. The van der Waals surface area contributed by atoms with E-state index in [2.05, 4.69) is 182 Å². The Kier molecular flexibility index (Phi) is 6.06. The zero-order chi connectivity index (χ0) is 31.1. The maximum atomic E-state index is 3.91. The monoisotopic (exact) mass is 584 g/mol. The van der Waals surface area contributed by atoms with Gasteiger partial charge < -0.3 is 19.9 Å². The van der Waals surface area contributed by atoms with Gasteiger partial charge in [0.15, 0.2) is 24.8 Å². The van der Waals surface area contributed by atoms with Crippen molar-refractivity contribution in [2.24, 2.45) is 14.1 Å². The number of aryl methyl sites for hydroxylation is 2. The number of rotatable bonds is 2. The highest BCUT2D eigenvalue weighted by Crippen LogP contribution is 2.44. The summed E-state index contributed by atoms with van der Waals surface area (Å²) in [7, 11) is 4.13. The van der Waals surface area contributed by atoms with Crippen LogP contribution in [0.2, 0.25) is 0 Å². The van der Waals surface area contributed by atoms with E-state index in [0.717, 1.165) is 22.8 Å². The summed E-state index contributed by atoms with van der Waals surface area (Å²) in [6.45, 7) is 13.8. The fraction of sp³-hybridized carbons (Fsp3) is 0.316. The van der Waals surface area contributed by atoms with E-state index in [-0.39, 0.29) is 10.8 Å². The molecule has 7 heterocycles. The van der Waals surface area contributed by atoms with E-state index in [0.29, 0.717) is 0 Å². The van der Waals surface area contributed by atoms with E-state index in [4.69, 9.17) is 0 Å². The van der Waals surface area contributed by atoms with Gasteiger partial charge in [-0.3, -0.25) is 0 Å². The van der Waals surface area contributed by atoms with Crippen LogP contribution in [0.4, 0.5) is 0 Å². The number of aromatic nitrogens is 6. The van der Waals surface area contributed by atoms with E-state index < -0.39 is 10.8 Å². The third-order valence-electron chi connectivity index (χ3n) is 10.7. The average molecular weight is 585 g/mol. The van der Waals surface area contributed by atoms with Gasteiger partial charge in [0.2, 0.25) is 0 Å². The predicted octanol–water partition coefficient (Wildman–Crippen LogP) is 6.32. The standard InChI is InChI=1S/C38H44N6/c1-35(2)27-9-13-31(39-27)37(5,25-17-21-43(7)22-18-25)33-15-11-29(41-33)36(3,4)30-12-16-34(42-30)38(6,32-14-10-28(35)40-32)26-19-23-44(8)24-20-26/h9-24,39-42H,1-8H3/q+2. The molecule has 0 radical (unpaired) electrons. The van der Waals surface area contributed by atoms with Gasteiger partial charge in [-0.25, -0.2) is 9.13 Å². The lowest BCUT2D eigenvalue weighted by Crippen LogP contribution is -2.32. The van der Waals surface area contributed by atoms with Crippen LogP contribution in [-0.4, -0.2) is 19.9 Å². The van der Waals surface area contributed by atoms with Gasteiger partial charge in [-0.15, -0.1) is 0 Å². The Morgan fingerprint density at radius 3 is 0.841 bits per heavy atom. The minimum atomic E-state index is -0.419. The molecule has 1 aliphatic rings. The quantitative estimate of drug-likeness (QED) is 0.172. The number of H-pyrrole nitrogens is 4. The van der Waals surface area contributed by atoms with Gasteiger partial charge in [-0.2, -0.15) is 0 Å². The van der Waals surface area contributed by atoms with Crippen molar-refractivity contribution in [2.45, 2.75) is 63.2 Å². The van der Waals surface area contributed by atoms with Crippen molar-refractivity contribution in [1.82, 2.24) is 19.9 Å². The van der Waals surface area contributed by atoms with Crippen molar-refractivity contribution in [3.63, 3.8) is 0 Å². The maximum absolute atomic E-state index is 3.91. The van der Waals surface area contributed by atoms with Gasteiger partial charge in [0.25, 0.3) is 0 Å². The van der Waals surface area contributed by atoms with Crippen LogP contribution in [0, 0.1) is 0 Å². The largest absolute Gasteiger partial charge is 0.360 e. The number of aromatic amines is 4. The molecule has 0 amide bonds. The molecular formula is C38H44N6+2. The minimum absolute atomic E-state index is 0.286. The molecule has 6 heteroatoms. The molecule has 6 nitrogen and oxygen atoms in total. The molecule has 224 valence electrons. The van der Waals surface area contributed by atoms with Crippen LogP contribution in [-0.2, 0) is 35.8 Å². The number of hydrogen-bond donors (Lipinski definition) is 4. The van der Waals surface area contributed by atoms with E-state index in [1.165, 1.54) is 33.9 Å². The molecular weight excluding hydrogens is 540 g/mol. The lowest BCUT2D eigenvalue weighted by atomic mass is 9.77. The second kappa shape index (κ2) is 9.46. The summed E-state index contributed by atoms with van der Waals surface area (Å²) in [5, 5.41) is 0. The molecule has 0 spiro atoms. The lowest BCUT2D eigenvalue weighted by molar-refractivity contribution is -0.671. The van der Waals surface area contributed by atoms with Crippen LogP contribution in [0.5, 0.6) is 0 Å². The first kappa shape index (κ1) is 28.2. The molecule has 0 fully saturated rings. The molecule has 0 saturated heterocycles. The number of pyridine rings is 2. The van der Waals surface area contributed by atoms with Crippen LogP contribution in [0.15, 0.2) is 97.6 Å². The van der Waals surface area contributed by atoms with Crippen molar-refractivity contribution >= 4 is 0 Å². The Hall–Kier alpha value is -4.58. The average Bonchev–Trinajstić information content (AvgIpc) is 3.82. The highest BCUT2D eigenvalue weighted by molar-refractivity contribution is 5.50. The summed E-state index contributed by atoms with van der Waals surface area (Å²) in [6, 6.07) is 27.0. The second-order valence-electron chi connectivity index (χ2n) is 14.1. The zero-order valence-corrected chi connectivity index (χ0v) is 27.1. The second-order valence-corrected chi connectivity index (χ2v) is 14.1. The summed E-state index contributed by atoms with van der Waals surface area (Å²) in [5.41, 5.74) is 10.3. The van der Waals surface area contributed by atoms with E-state index >= 15 is 0 Å². The van der Waals surface area contributed by atoms with Gasteiger partial charge in [0.1, 0.15) is 14.1 Å². The molecule has 4 N–H and O–H groups in total. The lowest BCUT2D eigenvalue weighted by Gasteiger charge is -2.31. The number of fused-ring (bicyclic) bond motifs is 8. The summed E-state index contributed by atoms with van der Waals surface area (Å²) in [5.74, 6) is 0. The molecule has 0 unspecified atom stereocenters. The molecule has 0 atom stereocenters. The van der Waals surface area contributed by atoms with Crippen LogP contribution in [0.25, 0.3) is 0 Å². The molecule has 6 aromatic heterocycles. The van der Waals surface area contributed by atoms with Gasteiger partial charge in [-0.05, 0) is 101 Å². The van der Waals surface area contributed by atoms with Crippen molar-refractivity contribution in [3.8, 4) is 0 Å². The molecule has 44 heavy (non-hydrogen) atoms. The van der Waals surface area contributed by atoms with Gasteiger partial charge in [0, 0.05) is 80.6 Å². The Balaban J connectivity index is 1.50. The van der Waals surface area contributed by atoms with Gasteiger partial charge in [-0.1, -0.05) is 0 Å². The normalized spacial score (nSPS) is 22.2. The fourth-order valence-corrected chi connectivity index (χ4v) is 7.08. The van der Waals surface area contributed by atoms with Crippen molar-refractivity contribution in [3.05, 3.63) is 154 Å². The molecule has 6 aromatic rings. The smallest absolute Gasteiger partial charge is 0.168 e. The fourth-order valence-electron chi connectivity index (χ4n) is 7.08. The Bertz CT molecular complexity index is 1720. The molecule has 0 saturated carbocycles. The van der Waals surface area contributed by atoms with Gasteiger partial charge >= 0.3 is 0 Å².